The van der Waals surface area contributed by atoms with Gasteiger partial charge in [0, 0.05) is 53.3 Å². The first-order valence-electron chi connectivity index (χ1n) is 8.15. The molecule has 0 aliphatic rings. The predicted octanol–water partition coefficient (Wildman–Crippen LogP) is 2.41. The summed E-state index contributed by atoms with van der Waals surface area (Å²) in [5.74, 6) is 0.169. The van der Waals surface area contributed by atoms with Crippen molar-refractivity contribution in [2.75, 3.05) is 32.6 Å². The van der Waals surface area contributed by atoms with Crippen molar-refractivity contribution in [3.63, 3.8) is 0 Å². The summed E-state index contributed by atoms with van der Waals surface area (Å²) >= 11 is 0. The van der Waals surface area contributed by atoms with Gasteiger partial charge in [0.25, 0.3) is 0 Å². The molecule has 5 heteroatoms. The van der Waals surface area contributed by atoms with Gasteiger partial charge in [0.15, 0.2) is 0 Å². The highest BCUT2D eigenvalue weighted by atomic mass is 16.2. The fourth-order valence-electron chi connectivity index (χ4n) is 2.29. The molecule has 0 radical (unpaired) electrons. The third-order valence-corrected chi connectivity index (χ3v) is 3.74. The van der Waals surface area contributed by atoms with E-state index in [1.54, 1.807) is 4.90 Å². The van der Waals surface area contributed by atoms with Gasteiger partial charge in [0.05, 0.1) is 0 Å². The number of benzene rings is 1. The smallest absolute Gasteiger partial charge is 0.222 e. The number of hydrogen-bond acceptors (Lipinski definition) is 3. The number of anilines is 1. The summed E-state index contributed by atoms with van der Waals surface area (Å²) in [7, 11) is 5.87. The van der Waals surface area contributed by atoms with Crippen molar-refractivity contribution in [2.45, 2.75) is 39.2 Å². The molecule has 0 spiro atoms. The Morgan fingerprint density at radius 3 is 2.22 bits per heavy atom. The molecule has 0 bridgehead atoms. The van der Waals surface area contributed by atoms with Crippen molar-refractivity contribution in [2.24, 2.45) is 0 Å². The van der Waals surface area contributed by atoms with Crippen molar-refractivity contribution in [3.05, 3.63) is 29.8 Å². The number of carbonyl (C=O) groups excluding carboxylic acids is 2. The molecule has 0 fully saturated rings. The van der Waals surface area contributed by atoms with E-state index in [9.17, 15) is 9.59 Å². The van der Waals surface area contributed by atoms with Crippen LogP contribution in [0.2, 0.25) is 0 Å². The number of nitrogens with zero attached hydrogens (tertiary/aromatic N) is 2. The van der Waals surface area contributed by atoms with Crippen LogP contribution in [-0.2, 0) is 16.1 Å². The third-order valence-electron chi connectivity index (χ3n) is 3.74. The highest BCUT2D eigenvalue weighted by Gasteiger charge is 2.09. The predicted molar refractivity (Wildman–Crippen MR) is 94.4 cm³/mol. The van der Waals surface area contributed by atoms with Crippen LogP contribution in [0, 0.1) is 0 Å². The zero-order valence-electron chi connectivity index (χ0n) is 14.8. The fraction of sp³-hybridized carbons (Fsp3) is 0.556. The minimum Gasteiger partial charge on any atom is -0.378 e. The van der Waals surface area contributed by atoms with Gasteiger partial charge in [-0.1, -0.05) is 18.6 Å². The standard InChI is InChI=1S/C18H29N3O2/c1-15(22)19-13-7-5-6-8-18(23)21(4)14-16-9-11-17(12-10-16)20(2)3/h9-12H,5-8,13-14H2,1-4H3,(H,19,22). The van der Waals surface area contributed by atoms with Crippen LogP contribution in [-0.4, -0.2) is 44.4 Å². The third kappa shape index (κ3) is 7.68. The lowest BCUT2D eigenvalue weighted by Gasteiger charge is -2.18. The van der Waals surface area contributed by atoms with E-state index in [1.807, 2.05) is 21.1 Å². The highest BCUT2D eigenvalue weighted by molar-refractivity contribution is 5.75. The summed E-state index contributed by atoms with van der Waals surface area (Å²) < 4.78 is 0. The number of carbonyl (C=O) groups is 2. The minimum atomic E-state index is 0.00101. The van der Waals surface area contributed by atoms with E-state index < -0.39 is 0 Å². The summed E-state index contributed by atoms with van der Waals surface area (Å²) in [6, 6.07) is 8.25. The normalized spacial score (nSPS) is 10.3. The lowest BCUT2D eigenvalue weighted by molar-refractivity contribution is -0.130. The van der Waals surface area contributed by atoms with Crippen LogP contribution in [0.25, 0.3) is 0 Å². The van der Waals surface area contributed by atoms with Gasteiger partial charge in [-0.3, -0.25) is 9.59 Å². The van der Waals surface area contributed by atoms with Crippen LogP contribution < -0.4 is 10.2 Å². The Morgan fingerprint density at radius 2 is 1.65 bits per heavy atom. The van der Waals surface area contributed by atoms with E-state index >= 15 is 0 Å². The Labute approximate surface area is 139 Å². The van der Waals surface area contributed by atoms with Crippen molar-refractivity contribution in [1.29, 1.82) is 0 Å². The average Bonchev–Trinajstić information content (AvgIpc) is 2.50. The first-order chi connectivity index (χ1) is 10.9. The van der Waals surface area contributed by atoms with Gasteiger partial charge in [-0.25, -0.2) is 0 Å². The maximum absolute atomic E-state index is 12.1. The molecule has 1 rings (SSSR count). The van der Waals surface area contributed by atoms with E-state index in [4.69, 9.17) is 0 Å². The Hall–Kier alpha value is -2.04. The molecular formula is C18H29N3O2. The molecule has 0 saturated heterocycles. The molecule has 23 heavy (non-hydrogen) atoms. The molecule has 1 N–H and O–H groups in total. The fourth-order valence-corrected chi connectivity index (χ4v) is 2.29. The molecule has 0 heterocycles. The van der Waals surface area contributed by atoms with E-state index in [1.165, 1.54) is 6.92 Å². The molecule has 0 unspecified atom stereocenters. The van der Waals surface area contributed by atoms with E-state index in [0.717, 1.165) is 30.5 Å². The molecular weight excluding hydrogens is 290 g/mol. The molecule has 0 saturated carbocycles. The molecule has 128 valence electrons. The van der Waals surface area contributed by atoms with Gasteiger partial charge < -0.3 is 15.1 Å². The largest absolute Gasteiger partial charge is 0.378 e. The van der Waals surface area contributed by atoms with Crippen molar-refractivity contribution >= 4 is 17.5 Å². The summed E-state index contributed by atoms with van der Waals surface area (Å²) in [5, 5.41) is 2.76. The highest BCUT2D eigenvalue weighted by Crippen LogP contribution is 2.14. The number of nitrogens with one attached hydrogen (secondary N) is 1. The monoisotopic (exact) mass is 319 g/mol. The lowest BCUT2D eigenvalue weighted by Crippen LogP contribution is -2.26. The van der Waals surface area contributed by atoms with Crippen LogP contribution in [0.15, 0.2) is 24.3 Å². The van der Waals surface area contributed by atoms with E-state index in [-0.39, 0.29) is 11.8 Å². The number of hydrogen-bond donors (Lipinski definition) is 1. The van der Waals surface area contributed by atoms with Gasteiger partial charge >= 0.3 is 0 Å². The van der Waals surface area contributed by atoms with Crippen LogP contribution in [0.5, 0.6) is 0 Å². The summed E-state index contributed by atoms with van der Waals surface area (Å²) in [6.45, 7) is 2.85. The summed E-state index contributed by atoms with van der Waals surface area (Å²) in [6.07, 6.45) is 3.30. The minimum absolute atomic E-state index is 0.00101. The van der Waals surface area contributed by atoms with Crippen LogP contribution >= 0.6 is 0 Å². The Balaban J connectivity index is 2.26. The number of rotatable bonds is 9. The maximum atomic E-state index is 12.1. The molecule has 0 aliphatic heterocycles. The number of amides is 2. The first-order valence-corrected chi connectivity index (χ1v) is 8.15. The van der Waals surface area contributed by atoms with Gasteiger partial charge in [0.1, 0.15) is 0 Å². The van der Waals surface area contributed by atoms with Gasteiger partial charge in [-0.15, -0.1) is 0 Å². The molecule has 5 nitrogen and oxygen atoms in total. The van der Waals surface area contributed by atoms with Gasteiger partial charge in [-0.05, 0) is 30.5 Å². The zero-order valence-corrected chi connectivity index (χ0v) is 14.8. The second-order valence-electron chi connectivity index (χ2n) is 6.10. The van der Waals surface area contributed by atoms with Crippen LogP contribution in [0.3, 0.4) is 0 Å². The maximum Gasteiger partial charge on any atom is 0.222 e. The van der Waals surface area contributed by atoms with Crippen molar-refractivity contribution in [1.82, 2.24) is 10.2 Å². The van der Waals surface area contributed by atoms with Crippen LogP contribution in [0.4, 0.5) is 5.69 Å². The SMILES string of the molecule is CC(=O)NCCCCCC(=O)N(C)Cc1ccc(N(C)C)cc1. The molecule has 0 aromatic heterocycles. The van der Waals surface area contributed by atoms with Gasteiger partial charge in [-0.2, -0.15) is 0 Å². The first kappa shape index (κ1) is 19.0. The van der Waals surface area contributed by atoms with Crippen molar-refractivity contribution < 1.29 is 9.59 Å². The number of unbranched alkanes of at least 4 members (excludes halogenated alkanes) is 2. The lowest BCUT2D eigenvalue weighted by atomic mass is 10.1. The van der Waals surface area contributed by atoms with E-state index in [2.05, 4.69) is 34.5 Å². The summed E-state index contributed by atoms with van der Waals surface area (Å²) in [5.41, 5.74) is 2.29. The average molecular weight is 319 g/mol. The Kier molecular flexibility index (Phi) is 8.16. The van der Waals surface area contributed by atoms with Gasteiger partial charge in [0.2, 0.25) is 11.8 Å². The molecule has 2 amide bonds. The molecule has 1 aromatic rings. The topological polar surface area (TPSA) is 52.7 Å². The molecule has 0 aliphatic carbocycles. The zero-order chi connectivity index (χ0) is 17.2. The Bertz CT molecular complexity index is 497. The second-order valence-corrected chi connectivity index (χ2v) is 6.10. The Morgan fingerprint density at radius 1 is 1.00 bits per heavy atom. The second kappa shape index (κ2) is 9.87. The molecule has 0 atom stereocenters. The summed E-state index contributed by atoms with van der Waals surface area (Å²) in [4.78, 5) is 26.7. The van der Waals surface area contributed by atoms with Crippen LogP contribution in [0.1, 0.15) is 38.2 Å². The van der Waals surface area contributed by atoms with Crippen molar-refractivity contribution in [3.8, 4) is 0 Å². The van der Waals surface area contributed by atoms with E-state index in [0.29, 0.717) is 19.5 Å². The quantitative estimate of drug-likeness (QED) is 0.711. The molecule has 1 aromatic carbocycles.